The quantitative estimate of drug-likeness (QED) is 0.898. The van der Waals surface area contributed by atoms with Gasteiger partial charge in [0.1, 0.15) is 0 Å². The van der Waals surface area contributed by atoms with E-state index in [-0.39, 0.29) is 11.2 Å². The Morgan fingerprint density at radius 2 is 1.88 bits per heavy atom. The first kappa shape index (κ1) is 14.2. The molecule has 0 aromatic heterocycles. The number of rotatable bonds is 4. The van der Waals surface area contributed by atoms with Gasteiger partial charge in [-0.25, -0.2) is 13.1 Å². The molecule has 1 aromatic rings. The van der Waals surface area contributed by atoms with Crippen LogP contribution in [0.5, 0.6) is 0 Å². The molecule has 0 amide bonds. The minimum Gasteiger partial charge on any atom is -0.212 e. The summed E-state index contributed by atoms with van der Waals surface area (Å²) in [7, 11) is -3.12. The van der Waals surface area contributed by atoms with Crippen molar-refractivity contribution in [2.24, 2.45) is 0 Å². The number of sulfonamides is 1. The van der Waals surface area contributed by atoms with Gasteiger partial charge in [0.25, 0.3) is 0 Å². The largest absolute Gasteiger partial charge is 0.212 e. The van der Waals surface area contributed by atoms with E-state index in [0.29, 0.717) is 6.54 Å². The Hall–Kier alpha value is -0.870. The molecule has 3 nitrogen and oxygen atoms in total. The first-order chi connectivity index (χ1) is 7.74. The van der Waals surface area contributed by atoms with Crippen LogP contribution in [0.4, 0.5) is 0 Å². The third kappa shape index (κ3) is 4.48. The molecule has 0 spiro atoms. The van der Waals surface area contributed by atoms with E-state index < -0.39 is 10.0 Å². The van der Waals surface area contributed by atoms with Gasteiger partial charge in [-0.3, -0.25) is 0 Å². The monoisotopic (exact) mass is 255 g/mol. The zero-order valence-corrected chi connectivity index (χ0v) is 11.8. The first-order valence-electron chi connectivity index (χ1n) is 5.81. The van der Waals surface area contributed by atoms with Crippen LogP contribution < -0.4 is 4.72 Å². The number of hydrogen-bond donors (Lipinski definition) is 1. The molecule has 0 heterocycles. The molecule has 0 fully saturated rings. The van der Waals surface area contributed by atoms with Crippen molar-refractivity contribution in [3.05, 3.63) is 35.4 Å². The van der Waals surface area contributed by atoms with E-state index in [2.05, 4.69) is 37.6 Å². The minimum absolute atomic E-state index is 0.0830. The summed E-state index contributed by atoms with van der Waals surface area (Å²) in [6, 6.07) is 8.03. The lowest BCUT2D eigenvalue weighted by Gasteiger charge is -2.19. The third-order valence-electron chi connectivity index (χ3n) is 2.67. The van der Waals surface area contributed by atoms with Crippen molar-refractivity contribution >= 4 is 10.0 Å². The van der Waals surface area contributed by atoms with Gasteiger partial charge >= 0.3 is 0 Å². The highest BCUT2D eigenvalue weighted by Crippen LogP contribution is 2.22. The topological polar surface area (TPSA) is 46.2 Å². The van der Waals surface area contributed by atoms with E-state index in [1.54, 1.807) is 6.92 Å². The molecule has 4 heteroatoms. The number of benzene rings is 1. The van der Waals surface area contributed by atoms with Gasteiger partial charge in [0.15, 0.2) is 0 Å². The molecule has 0 aliphatic heterocycles. The summed E-state index contributed by atoms with van der Waals surface area (Å²) in [4.78, 5) is 0. The fraction of sp³-hybridized carbons (Fsp3) is 0.538. The van der Waals surface area contributed by atoms with Gasteiger partial charge in [0.2, 0.25) is 10.0 Å². The molecule has 0 radical (unpaired) electrons. The fourth-order valence-electron chi connectivity index (χ4n) is 1.44. The molecular formula is C13H21NO2S. The van der Waals surface area contributed by atoms with Gasteiger partial charge in [0.05, 0.1) is 5.75 Å². The summed E-state index contributed by atoms with van der Waals surface area (Å²) in [5.41, 5.74) is 2.29. The van der Waals surface area contributed by atoms with E-state index in [4.69, 9.17) is 0 Å². The predicted octanol–water partition coefficient (Wildman–Crippen LogP) is 2.42. The molecule has 0 saturated heterocycles. The van der Waals surface area contributed by atoms with E-state index in [9.17, 15) is 8.42 Å². The van der Waals surface area contributed by atoms with Crippen molar-refractivity contribution in [1.82, 2.24) is 4.72 Å². The van der Waals surface area contributed by atoms with Crippen molar-refractivity contribution in [3.8, 4) is 0 Å². The molecule has 1 rings (SSSR count). The molecule has 0 aliphatic rings. The van der Waals surface area contributed by atoms with Crippen molar-refractivity contribution in [1.29, 1.82) is 0 Å². The maximum absolute atomic E-state index is 11.3. The molecule has 0 atom stereocenters. The maximum atomic E-state index is 11.3. The molecule has 0 unspecified atom stereocenters. The van der Waals surface area contributed by atoms with Gasteiger partial charge in [0, 0.05) is 6.54 Å². The van der Waals surface area contributed by atoms with Gasteiger partial charge in [-0.05, 0) is 23.5 Å². The lowest BCUT2D eigenvalue weighted by molar-refractivity contribution is 0.581. The Morgan fingerprint density at radius 1 is 1.24 bits per heavy atom. The standard InChI is InChI=1S/C13H21NO2S/c1-5-17(15,16)14-10-11-7-6-8-12(9-11)13(2,3)4/h6-9,14H,5,10H2,1-4H3. The smallest absolute Gasteiger partial charge is 0.211 e. The van der Waals surface area contributed by atoms with Crippen molar-refractivity contribution in [2.75, 3.05) is 5.75 Å². The average Bonchev–Trinajstić information content (AvgIpc) is 2.26. The van der Waals surface area contributed by atoms with Crippen LogP contribution in [0.15, 0.2) is 24.3 Å². The summed E-state index contributed by atoms with van der Waals surface area (Å²) < 4.78 is 25.3. The molecule has 0 bridgehead atoms. The summed E-state index contributed by atoms with van der Waals surface area (Å²) in [6.45, 7) is 8.42. The van der Waals surface area contributed by atoms with Crippen molar-refractivity contribution in [3.63, 3.8) is 0 Å². The summed E-state index contributed by atoms with van der Waals surface area (Å²) in [5.74, 6) is 0.117. The van der Waals surface area contributed by atoms with Gasteiger partial charge in [-0.1, -0.05) is 45.0 Å². The maximum Gasteiger partial charge on any atom is 0.211 e. The Kier molecular flexibility index (Phi) is 4.33. The van der Waals surface area contributed by atoms with Crippen LogP contribution in [-0.4, -0.2) is 14.2 Å². The van der Waals surface area contributed by atoms with E-state index in [0.717, 1.165) is 5.56 Å². The highest BCUT2D eigenvalue weighted by Gasteiger charge is 2.14. The van der Waals surface area contributed by atoms with Gasteiger partial charge in [-0.15, -0.1) is 0 Å². The van der Waals surface area contributed by atoms with Gasteiger partial charge in [-0.2, -0.15) is 0 Å². The minimum atomic E-state index is -3.12. The van der Waals surface area contributed by atoms with Crippen LogP contribution in [0.3, 0.4) is 0 Å². The van der Waals surface area contributed by atoms with Crippen LogP contribution >= 0.6 is 0 Å². The second-order valence-electron chi connectivity index (χ2n) is 5.17. The molecular weight excluding hydrogens is 234 g/mol. The van der Waals surface area contributed by atoms with E-state index >= 15 is 0 Å². The van der Waals surface area contributed by atoms with E-state index in [1.807, 2.05) is 12.1 Å². The molecule has 0 saturated carbocycles. The predicted molar refractivity (Wildman–Crippen MR) is 71.4 cm³/mol. The molecule has 1 N–H and O–H groups in total. The molecule has 96 valence electrons. The van der Waals surface area contributed by atoms with Crippen LogP contribution in [0, 0.1) is 0 Å². The van der Waals surface area contributed by atoms with Crippen molar-refractivity contribution in [2.45, 2.75) is 39.7 Å². The number of nitrogens with one attached hydrogen (secondary N) is 1. The SMILES string of the molecule is CCS(=O)(=O)NCc1cccc(C(C)(C)C)c1. The lowest BCUT2D eigenvalue weighted by atomic mass is 9.86. The second-order valence-corrected chi connectivity index (χ2v) is 7.27. The Morgan fingerprint density at radius 3 is 2.41 bits per heavy atom. The summed E-state index contributed by atoms with van der Waals surface area (Å²) in [6.07, 6.45) is 0. The van der Waals surface area contributed by atoms with Gasteiger partial charge < -0.3 is 0 Å². The lowest BCUT2D eigenvalue weighted by Crippen LogP contribution is -2.24. The van der Waals surface area contributed by atoms with E-state index in [1.165, 1.54) is 5.56 Å². The summed E-state index contributed by atoms with van der Waals surface area (Å²) >= 11 is 0. The molecule has 17 heavy (non-hydrogen) atoms. The second kappa shape index (κ2) is 5.19. The van der Waals surface area contributed by atoms with Crippen LogP contribution in [0.25, 0.3) is 0 Å². The van der Waals surface area contributed by atoms with Crippen molar-refractivity contribution < 1.29 is 8.42 Å². The average molecular weight is 255 g/mol. The zero-order valence-electron chi connectivity index (χ0n) is 10.9. The fourth-order valence-corrected chi connectivity index (χ4v) is 2.03. The van der Waals surface area contributed by atoms with Crippen LogP contribution in [-0.2, 0) is 22.0 Å². The Labute approximate surface area is 104 Å². The van der Waals surface area contributed by atoms with Crippen LogP contribution in [0.1, 0.15) is 38.8 Å². The number of hydrogen-bond acceptors (Lipinski definition) is 2. The first-order valence-corrected chi connectivity index (χ1v) is 7.46. The normalized spacial score (nSPS) is 12.7. The van der Waals surface area contributed by atoms with Crippen LogP contribution in [0.2, 0.25) is 0 Å². The third-order valence-corrected chi connectivity index (χ3v) is 4.01. The summed E-state index contributed by atoms with van der Waals surface area (Å²) in [5, 5.41) is 0. The Balaban J connectivity index is 2.81. The highest BCUT2D eigenvalue weighted by molar-refractivity contribution is 7.89. The molecule has 1 aromatic carbocycles. The zero-order chi connectivity index (χ0) is 13.1. The highest BCUT2D eigenvalue weighted by atomic mass is 32.2. The molecule has 0 aliphatic carbocycles. The Bertz CT molecular complexity index is 472.